The number of amides is 1. The number of benzene rings is 2. The zero-order valence-corrected chi connectivity index (χ0v) is 18.4. The lowest BCUT2D eigenvalue weighted by molar-refractivity contribution is -0.116. The lowest BCUT2D eigenvalue weighted by atomic mass is 10.1. The minimum atomic E-state index is -3.63. The predicted molar refractivity (Wildman–Crippen MR) is 119 cm³/mol. The molecule has 7 nitrogen and oxygen atoms in total. The molecule has 0 saturated carbocycles. The average Bonchev–Trinajstić information content (AvgIpc) is 3.28. The van der Waals surface area contributed by atoms with Gasteiger partial charge in [0.1, 0.15) is 12.3 Å². The summed E-state index contributed by atoms with van der Waals surface area (Å²) in [7, 11) is -3.63. The first-order chi connectivity index (χ1) is 14.7. The van der Waals surface area contributed by atoms with E-state index in [1.54, 1.807) is 42.0 Å². The molecule has 8 heteroatoms. The highest BCUT2D eigenvalue weighted by atomic mass is 32.2. The summed E-state index contributed by atoms with van der Waals surface area (Å²) in [6.45, 7) is 5.53. The van der Waals surface area contributed by atoms with Crippen molar-refractivity contribution in [1.82, 2.24) is 9.72 Å². The van der Waals surface area contributed by atoms with Crippen LogP contribution in [-0.2, 0) is 26.9 Å². The summed E-state index contributed by atoms with van der Waals surface area (Å²) in [6.07, 6.45) is 1.54. The van der Waals surface area contributed by atoms with E-state index >= 15 is 0 Å². The van der Waals surface area contributed by atoms with E-state index in [-0.39, 0.29) is 23.1 Å². The molecular weight excluding hydrogens is 414 g/mol. The molecule has 0 aliphatic rings. The fourth-order valence-electron chi connectivity index (χ4n) is 3.59. The number of anilines is 1. The highest BCUT2D eigenvalue weighted by Crippen LogP contribution is 2.29. The molecule has 4 aromatic rings. The Hall–Kier alpha value is -3.39. The van der Waals surface area contributed by atoms with E-state index < -0.39 is 9.84 Å². The quantitative estimate of drug-likeness (QED) is 0.489. The number of aromatic nitrogens is 2. The number of carbonyl (C=O) groups excluding carboxylic acids is 1. The molecule has 1 N–H and O–H groups in total. The monoisotopic (exact) mass is 437 g/mol. The maximum atomic E-state index is 13.3. The number of sulfone groups is 1. The van der Waals surface area contributed by atoms with Crippen LogP contribution in [0.5, 0.6) is 0 Å². The zero-order valence-electron chi connectivity index (χ0n) is 17.5. The normalized spacial score (nSPS) is 11.7. The molecule has 0 unspecified atom stereocenters. The molecule has 0 saturated heterocycles. The molecule has 4 rings (SSSR count). The molecule has 2 aromatic carbocycles. The van der Waals surface area contributed by atoms with Crippen molar-refractivity contribution >= 4 is 32.5 Å². The number of aryl methyl sites for hydroxylation is 3. The van der Waals surface area contributed by atoms with Crippen molar-refractivity contribution in [2.24, 2.45) is 0 Å². The van der Waals surface area contributed by atoms with Crippen LogP contribution < -0.4 is 5.32 Å². The third-order valence-electron chi connectivity index (χ3n) is 5.15. The molecule has 0 atom stereocenters. The van der Waals surface area contributed by atoms with Crippen LogP contribution >= 0.6 is 0 Å². The second kappa shape index (κ2) is 8.03. The summed E-state index contributed by atoms with van der Waals surface area (Å²) in [6, 6.07) is 14.6. The van der Waals surface area contributed by atoms with Gasteiger partial charge in [-0.3, -0.25) is 4.79 Å². The third-order valence-corrected chi connectivity index (χ3v) is 6.83. The van der Waals surface area contributed by atoms with Gasteiger partial charge in [-0.25, -0.2) is 8.42 Å². The molecule has 0 radical (unpaired) electrons. The van der Waals surface area contributed by atoms with Crippen molar-refractivity contribution < 1.29 is 17.7 Å². The molecule has 0 spiro atoms. The Morgan fingerprint density at radius 3 is 2.61 bits per heavy atom. The first-order valence-corrected chi connectivity index (χ1v) is 11.5. The lowest BCUT2D eigenvalue weighted by Crippen LogP contribution is -2.18. The van der Waals surface area contributed by atoms with Gasteiger partial charge in [0.25, 0.3) is 0 Å². The number of nitrogens with one attached hydrogen (secondary N) is 1. The Morgan fingerprint density at radius 1 is 1.10 bits per heavy atom. The van der Waals surface area contributed by atoms with Gasteiger partial charge in [-0.2, -0.15) is 0 Å². The fourth-order valence-corrected chi connectivity index (χ4v) is 5.26. The van der Waals surface area contributed by atoms with Crippen LogP contribution in [0.3, 0.4) is 0 Å². The Bertz CT molecular complexity index is 1380. The Labute approximate surface area is 180 Å². The van der Waals surface area contributed by atoms with Gasteiger partial charge < -0.3 is 14.4 Å². The summed E-state index contributed by atoms with van der Waals surface area (Å²) in [5.41, 5.74) is 3.39. The maximum Gasteiger partial charge on any atom is 0.245 e. The van der Waals surface area contributed by atoms with Crippen molar-refractivity contribution in [3.05, 3.63) is 77.2 Å². The lowest BCUT2D eigenvalue weighted by Gasteiger charge is -2.08. The standard InChI is InChI=1S/C23H23N3O4S/c1-15-8-9-16(2)18(10-15)14-31(28,29)21-12-26(20-7-5-4-6-19(20)21)13-23(27)24-22-11-17(3)30-25-22/h4-12H,13-14H2,1-3H3,(H,24,25,27). The summed E-state index contributed by atoms with van der Waals surface area (Å²) < 4.78 is 33.3. The molecule has 0 aliphatic carbocycles. The van der Waals surface area contributed by atoms with Crippen molar-refractivity contribution in [2.75, 3.05) is 5.32 Å². The summed E-state index contributed by atoms with van der Waals surface area (Å²) in [4.78, 5) is 12.7. The van der Waals surface area contributed by atoms with Crippen molar-refractivity contribution in [2.45, 2.75) is 38.0 Å². The first-order valence-electron chi connectivity index (χ1n) is 9.83. The van der Waals surface area contributed by atoms with Gasteiger partial charge >= 0.3 is 0 Å². The number of nitrogens with zero attached hydrogens (tertiary/aromatic N) is 2. The molecule has 2 heterocycles. The van der Waals surface area contributed by atoms with E-state index in [0.717, 1.165) is 16.7 Å². The average molecular weight is 438 g/mol. The zero-order chi connectivity index (χ0) is 22.2. The van der Waals surface area contributed by atoms with Gasteiger partial charge in [-0.15, -0.1) is 0 Å². The molecule has 0 fully saturated rings. The van der Waals surface area contributed by atoms with Crippen molar-refractivity contribution in [3.8, 4) is 0 Å². The largest absolute Gasteiger partial charge is 0.360 e. The first kappa shape index (κ1) is 20.9. The van der Waals surface area contributed by atoms with Gasteiger partial charge in [0, 0.05) is 23.2 Å². The third kappa shape index (κ3) is 4.39. The molecule has 31 heavy (non-hydrogen) atoms. The van der Waals surface area contributed by atoms with E-state index in [0.29, 0.717) is 22.5 Å². The molecule has 2 aromatic heterocycles. The van der Waals surface area contributed by atoms with Gasteiger partial charge in [0.15, 0.2) is 15.7 Å². The number of para-hydroxylation sites is 1. The second-order valence-electron chi connectivity index (χ2n) is 7.70. The topological polar surface area (TPSA) is 94.2 Å². The summed E-state index contributed by atoms with van der Waals surface area (Å²) in [5.74, 6) is 0.481. The Balaban J connectivity index is 1.67. The van der Waals surface area contributed by atoms with E-state index in [1.807, 2.05) is 38.1 Å². The molecule has 160 valence electrons. The van der Waals surface area contributed by atoms with Gasteiger partial charge in [0.05, 0.1) is 10.6 Å². The Kier molecular flexibility index (Phi) is 5.41. The highest BCUT2D eigenvalue weighted by Gasteiger charge is 2.23. The van der Waals surface area contributed by atoms with Crippen LogP contribution in [0.15, 0.2) is 64.1 Å². The number of carbonyl (C=O) groups is 1. The number of hydrogen-bond donors (Lipinski definition) is 1. The summed E-state index contributed by atoms with van der Waals surface area (Å²) >= 11 is 0. The van der Waals surface area contributed by atoms with Crippen LogP contribution in [0.2, 0.25) is 0 Å². The SMILES string of the molecule is Cc1ccc(C)c(CS(=O)(=O)c2cn(CC(=O)Nc3cc(C)on3)c3ccccc23)c1. The molecule has 0 aliphatic heterocycles. The van der Waals surface area contributed by atoms with Crippen LogP contribution in [0.4, 0.5) is 5.82 Å². The van der Waals surface area contributed by atoms with E-state index in [4.69, 9.17) is 4.52 Å². The van der Waals surface area contributed by atoms with E-state index in [1.165, 1.54) is 0 Å². The molecule has 0 bridgehead atoms. The Morgan fingerprint density at radius 2 is 1.87 bits per heavy atom. The fraction of sp³-hybridized carbons (Fsp3) is 0.217. The van der Waals surface area contributed by atoms with Gasteiger partial charge in [-0.1, -0.05) is 47.1 Å². The minimum absolute atomic E-state index is 0.0502. The van der Waals surface area contributed by atoms with E-state index in [2.05, 4.69) is 10.5 Å². The maximum absolute atomic E-state index is 13.3. The smallest absolute Gasteiger partial charge is 0.245 e. The number of hydrogen-bond acceptors (Lipinski definition) is 5. The highest BCUT2D eigenvalue weighted by molar-refractivity contribution is 7.90. The van der Waals surface area contributed by atoms with Gasteiger partial charge in [0.2, 0.25) is 5.91 Å². The number of fused-ring (bicyclic) bond motifs is 1. The second-order valence-corrected chi connectivity index (χ2v) is 9.66. The number of rotatable bonds is 6. The van der Waals surface area contributed by atoms with Crippen LogP contribution in [0.25, 0.3) is 10.9 Å². The van der Waals surface area contributed by atoms with Crippen LogP contribution in [-0.4, -0.2) is 24.0 Å². The van der Waals surface area contributed by atoms with E-state index in [9.17, 15) is 13.2 Å². The molecule has 1 amide bonds. The van der Waals surface area contributed by atoms with Gasteiger partial charge in [-0.05, 0) is 38.0 Å². The van der Waals surface area contributed by atoms with Crippen molar-refractivity contribution in [3.63, 3.8) is 0 Å². The van der Waals surface area contributed by atoms with Crippen LogP contribution in [0.1, 0.15) is 22.5 Å². The summed E-state index contributed by atoms with van der Waals surface area (Å²) in [5, 5.41) is 7.01. The predicted octanol–water partition coefficient (Wildman–Crippen LogP) is 4.17. The molecular formula is C23H23N3O4S. The minimum Gasteiger partial charge on any atom is -0.360 e. The van der Waals surface area contributed by atoms with Crippen molar-refractivity contribution in [1.29, 1.82) is 0 Å². The van der Waals surface area contributed by atoms with Crippen LogP contribution in [0, 0.1) is 20.8 Å².